The lowest BCUT2D eigenvalue weighted by molar-refractivity contribution is -0.417. The van der Waals surface area contributed by atoms with Gasteiger partial charge in [-0.1, -0.05) is 54.6 Å². The highest BCUT2D eigenvalue weighted by atomic mass is 16.6. The molecular weight excluding hydrogens is 288 g/mol. The Morgan fingerprint density at radius 2 is 1.78 bits per heavy atom. The molecule has 0 saturated carbocycles. The molecule has 0 amide bonds. The topological polar surface area (TPSA) is 55.5 Å². The van der Waals surface area contributed by atoms with E-state index in [0.717, 1.165) is 23.4 Å². The minimum atomic E-state index is -0.317. The molecule has 0 aromatic heterocycles. The van der Waals surface area contributed by atoms with Crippen LogP contribution in [-0.2, 0) is 6.42 Å². The van der Waals surface area contributed by atoms with Crippen molar-refractivity contribution in [2.75, 3.05) is 0 Å². The van der Waals surface area contributed by atoms with Gasteiger partial charge in [0, 0.05) is 17.6 Å². The Balaban J connectivity index is 1.79. The first-order valence-electron chi connectivity index (χ1n) is 7.53. The van der Waals surface area contributed by atoms with E-state index in [-0.39, 0.29) is 16.5 Å². The monoisotopic (exact) mass is 302 g/mol. The Morgan fingerprint density at radius 1 is 1.04 bits per heavy atom. The van der Waals surface area contributed by atoms with Gasteiger partial charge in [0.2, 0.25) is 0 Å². The van der Waals surface area contributed by atoms with Gasteiger partial charge in [-0.05, 0) is 18.1 Å². The Bertz CT molecular complexity index is 879. The first kappa shape index (κ1) is 13.6. The van der Waals surface area contributed by atoms with Crippen LogP contribution in [0.1, 0.15) is 11.1 Å². The van der Waals surface area contributed by atoms with E-state index in [2.05, 4.69) is 17.1 Å². The van der Waals surface area contributed by atoms with Crippen LogP contribution in [0, 0.1) is 16.0 Å². The maximum atomic E-state index is 11.4. The average molecular weight is 302 g/mol. The highest BCUT2D eigenvalue weighted by Crippen LogP contribution is 2.42. The summed E-state index contributed by atoms with van der Waals surface area (Å²) in [5.74, 6) is 0.0588. The minimum absolute atomic E-state index is 0.0588. The molecule has 4 rings (SSSR count). The lowest BCUT2D eigenvalue weighted by Crippen LogP contribution is -2.20. The maximum Gasteiger partial charge on any atom is 0.278 e. The molecular formula is C19H14N2O2. The second kappa shape index (κ2) is 5.32. The summed E-state index contributed by atoms with van der Waals surface area (Å²) in [5.41, 5.74) is 4.50. The molecule has 0 N–H and O–H groups in total. The SMILES string of the molecule is O=[N+]([O-])C1=C2C(=Nc3ccccc32)C(Cc2ccccc2)C=C1. The highest BCUT2D eigenvalue weighted by molar-refractivity contribution is 6.31. The number of nitro groups is 1. The smallest absolute Gasteiger partial charge is 0.258 e. The van der Waals surface area contributed by atoms with E-state index in [1.165, 1.54) is 5.56 Å². The van der Waals surface area contributed by atoms with Gasteiger partial charge < -0.3 is 0 Å². The molecule has 4 heteroatoms. The molecule has 112 valence electrons. The third-order valence-electron chi connectivity index (χ3n) is 4.26. The second-order valence-corrected chi connectivity index (χ2v) is 5.69. The summed E-state index contributed by atoms with van der Waals surface area (Å²) in [6.45, 7) is 0. The number of para-hydroxylation sites is 1. The Labute approximate surface area is 133 Å². The van der Waals surface area contributed by atoms with Gasteiger partial charge in [-0.25, -0.2) is 0 Å². The Morgan fingerprint density at radius 3 is 2.57 bits per heavy atom. The molecule has 2 aromatic carbocycles. The maximum absolute atomic E-state index is 11.4. The van der Waals surface area contributed by atoms with Gasteiger partial charge in [0.15, 0.2) is 0 Å². The van der Waals surface area contributed by atoms with Crippen LogP contribution in [0.15, 0.2) is 77.4 Å². The molecule has 1 heterocycles. The summed E-state index contributed by atoms with van der Waals surface area (Å²) in [4.78, 5) is 15.8. The van der Waals surface area contributed by atoms with E-state index < -0.39 is 0 Å². The molecule has 4 nitrogen and oxygen atoms in total. The lowest BCUT2D eigenvalue weighted by Gasteiger charge is -2.18. The number of allylic oxidation sites excluding steroid dienone is 3. The molecule has 0 radical (unpaired) electrons. The van der Waals surface area contributed by atoms with Crippen LogP contribution in [0.5, 0.6) is 0 Å². The Hall–Kier alpha value is -3.01. The first-order valence-corrected chi connectivity index (χ1v) is 7.53. The van der Waals surface area contributed by atoms with E-state index >= 15 is 0 Å². The fraction of sp³-hybridized carbons (Fsp3) is 0.105. The molecule has 1 aliphatic carbocycles. The van der Waals surface area contributed by atoms with Gasteiger partial charge in [-0.3, -0.25) is 15.1 Å². The van der Waals surface area contributed by atoms with Crippen molar-refractivity contribution in [2.24, 2.45) is 10.9 Å². The van der Waals surface area contributed by atoms with Crippen LogP contribution in [-0.4, -0.2) is 10.6 Å². The molecule has 23 heavy (non-hydrogen) atoms. The van der Waals surface area contributed by atoms with Gasteiger partial charge in [0.1, 0.15) is 0 Å². The van der Waals surface area contributed by atoms with E-state index in [9.17, 15) is 10.1 Å². The van der Waals surface area contributed by atoms with Crippen LogP contribution >= 0.6 is 0 Å². The third kappa shape index (κ3) is 2.28. The number of rotatable bonds is 3. The van der Waals surface area contributed by atoms with Gasteiger partial charge in [0.05, 0.1) is 21.9 Å². The zero-order valence-corrected chi connectivity index (χ0v) is 12.3. The second-order valence-electron chi connectivity index (χ2n) is 5.69. The van der Waals surface area contributed by atoms with Crippen LogP contribution in [0.25, 0.3) is 5.57 Å². The van der Waals surface area contributed by atoms with Gasteiger partial charge >= 0.3 is 0 Å². The largest absolute Gasteiger partial charge is 0.278 e. The molecule has 0 spiro atoms. The summed E-state index contributed by atoms with van der Waals surface area (Å²) in [7, 11) is 0. The third-order valence-corrected chi connectivity index (χ3v) is 4.26. The van der Waals surface area contributed by atoms with E-state index in [1.807, 2.05) is 48.5 Å². The number of aliphatic imine (C=N–C) groups is 1. The van der Waals surface area contributed by atoms with Crippen molar-refractivity contribution in [3.63, 3.8) is 0 Å². The fourth-order valence-corrected chi connectivity index (χ4v) is 3.21. The van der Waals surface area contributed by atoms with Crippen molar-refractivity contribution in [3.05, 3.63) is 93.7 Å². The number of fused-ring (bicyclic) bond motifs is 3. The molecule has 2 aliphatic rings. The number of benzene rings is 2. The summed E-state index contributed by atoms with van der Waals surface area (Å²) < 4.78 is 0. The van der Waals surface area contributed by atoms with Crippen LogP contribution in [0.4, 0.5) is 5.69 Å². The summed E-state index contributed by atoms with van der Waals surface area (Å²) >= 11 is 0. The van der Waals surface area contributed by atoms with Gasteiger partial charge in [-0.15, -0.1) is 0 Å². The molecule has 2 aromatic rings. The molecule has 0 fully saturated rings. The lowest BCUT2D eigenvalue weighted by atomic mass is 9.84. The molecule has 1 atom stereocenters. The quantitative estimate of drug-likeness (QED) is 0.630. The summed E-state index contributed by atoms with van der Waals surface area (Å²) in [5, 5.41) is 11.4. The average Bonchev–Trinajstić information content (AvgIpc) is 2.96. The van der Waals surface area contributed by atoms with Crippen molar-refractivity contribution in [3.8, 4) is 0 Å². The van der Waals surface area contributed by atoms with E-state index in [4.69, 9.17) is 0 Å². The first-order chi connectivity index (χ1) is 11.2. The molecule has 0 saturated heterocycles. The summed E-state index contributed by atoms with van der Waals surface area (Å²) in [6.07, 6.45) is 4.32. The fourth-order valence-electron chi connectivity index (χ4n) is 3.21. The zero-order valence-electron chi connectivity index (χ0n) is 12.3. The standard InChI is InChI=1S/C19H14N2O2/c22-21(23)17-11-10-14(12-13-6-2-1-3-7-13)19-18(17)15-8-4-5-9-16(15)20-19/h1-11,14H,12H2. The van der Waals surface area contributed by atoms with E-state index in [0.29, 0.717) is 5.57 Å². The number of hydrogen-bond acceptors (Lipinski definition) is 3. The molecule has 0 bridgehead atoms. The van der Waals surface area contributed by atoms with E-state index in [1.54, 1.807) is 6.08 Å². The zero-order chi connectivity index (χ0) is 15.8. The van der Waals surface area contributed by atoms with Crippen LogP contribution in [0.2, 0.25) is 0 Å². The van der Waals surface area contributed by atoms with Crippen molar-refractivity contribution in [1.82, 2.24) is 0 Å². The van der Waals surface area contributed by atoms with Crippen molar-refractivity contribution >= 4 is 17.0 Å². The van der Waals surface area contributed by atoms with Crippen LogP contribution in [0.3, 0.4) is 0 Å². The molecule has 1 aliphatic heterocycles. The predicted octanol–water partition coefficient (Wildman–Crippen LogP) is 4.19. The summed E-state index contributed by atoms with van der Waals surface area (Å²) in [6, 6.07) is 17.8. The number of nitrogens with zero attached hydrogens (tertiary/aromatic N) is 2. The predicted molar refractivity (Wildman–Crippen MR) is 90.2 cm³/mol. The number of hydrogen-bond donors (Lipinski definition) is 0. The van der Waals surface area contributed by atoms with Gasteiger partial charge in [-0.2, -0.15) is 0 Å². The Kier molecular flexibility index (Phi) is 3.15. The molecule has 1 unspecified atom stereocenters. The van der Waals surface area contributed by atoms with Crippen molar-refractivity contribution < 1.29 is 4.92 Å². The minimum Gasteiger partial charge on any atom is -0.258 e. The highest BCUT2D eigenvalue weighted by Gasteiger charge is 2.35. The van der Waals surface area contributed by atoms with Crippen molar-refractivity contribution in [2.45, 2.75) is 6.42 Å². The normalized spacial score (nSPS) is 18.4. The van der Waals surface area contributed by atoms with Crippen molar-refractivity contribution in [1.29, 1.82) is 0 Å². The van der Waals surface area contributed by atoms with Gasteiger partial charge in [0.25, 0.3) is 5.70 Å². The van der Waals surface area contributed by atoms with Crippen LogP contribution < -0.4 is 0 Å².